The molecule has 0 saturated carbocycles. The Kier molecular flexibility index (Phi) is 4.57. The Balaban J connectivity index is 1.90. The van der Waals surface area contributed by atoms with Gasteiger partial charge in [-0.25, -0.2) is 4.79 Å². The molecule has 3 aromatic rings. The van der Waals surface area contributed by atoms with Crippen LogP contribution in [0, 0.1) is 0 Å². The molecule has 0 spiro atoms. The molecule has 1 N–H and O–H groups in total. The molecule has 0 atom stereocenters. The Morgan fingerprint density at radius 1 is 1.04 bits per heavy atom. The van der Waals surface area contributed by atoms with Gasteiger partial charge in [-0.2, -0.15) is 0 Å². The molecule has 0 bridgehead atoms. The van der Waals surface area contributed by atoms with Crippen LogP contribution < -0.4 is 10.9 Å². The molecule has 128 valence electrons. The van der Waals surface area contributed by atoms with Crippen LogP contribution in [-0.4, -0.2) is 31.1 Å². The fraction of sp³-hybridized carbons (Fsp3) is 0.250. The first-order chi connectivity index (χ1) is 12.2. The zero-order valence-corrected chi connectivity index (χ0v) is 14.6. The van der Waals surface area contributed by atoms with Crippen molar-refractivity contribution in [1.29, 1.82) is 0 Å². The lowest BCUT2D eigenvalue weighted by Gasteiger charge is -2.27. The fourth-order valence-corrected chi connectivity index (χ4v) is 3.50. The van der Waals surface area contributed by atoms with E-state index < -0.39 is 0 Å². The highest BCUT2D eigenvalue weighted by molar-refractivity contribution is 6.30. The number of rotatable bonds is 3. The second-order valence-electron chi connectivity index (χ2n) is 6.27. The SMILES string of the molecule is O=c1oc2ccccc2c(-c2ccc(Cl)cc2)c1CN1CCNCC1. The second kappa shape index (κ2) is 7.00. The minimum Gasteiger partial charge on any atom is -0.422 e. The Hall–Kier alpha value is -2.14. The van der Waals surface area contributed by atoms with Crippen LogP contribution in [0.1, 0.15) is 5.56 Å². The quantitative estimate of drug-likeness (QED) is 0.731. The maximum atomic E-state index is 12.7. The fourth-order valence-electron chi connectivity index (χ4n) is 3.37. The van der Waals surface area contributed by atoms with Crippen LogP contribution in [0.15, 0.2) is 57.7 Å². The standard InChI is InChI=1S/C20H19ClN2O2/c21-15-7-5-14(6-8-15)19-16-3-1-2-4-18(16)25-20(24)17(19)13-23-11-9-22-10-12-23/h1-8,22H,9-13H2. The van der Waals surface area contributed by atoms with Gasteiger partial charge in [-0.05, 0) is 23.8 Å². The van der Waals surface area contributed by atoms with Crippen LogP contribution in [-0.2, 0) is 6.54 Å². The van der Waals surface area contributed by atoms with Crippen LogP contribution in [0.2, 0.25) is 5.02 Å². The normalized spacial score (nSPS) is 15.6. The number of hydrogen-bond acceptors (Lipinski definition) is 4. The van der Waals surface area contributed by atoms with Gasteiger partial charge >= 0.3 is 5.63 Å². The number of nitrogens with one attached hydrogen (secondary N) is 1. The van der Waals surface area contributed by atoms with Gasteiger partial charge in [0.2, 0.25) is 0 Å². The minimum absolute atomic E-state index is 0.262. The van der Waals surface area contributed by atoms with Crippen molar-refractivity contribution in [3.05, 3.63) is 69.5 Å². The van der Waals surface area contributed by atoms with Gasteiger partial charge in [0, 0.05) is 48.7 Å². The topological polar surface area (TPSA) is 45.5 Å². The van der Waals surface area contributed by atoms with Crippen LogP contribution in [0.4, 0.5) is 0 Å². The third kappa shape index (κ3) is 3.33. The molecule has 0 radical (unpaired) electrons. The van der Waals surface area contributed by atoms with Crippen molar-refractivity contribution in [2.24, 2.45) is 0 Å². The third-order valence-corrected chi connectivity index (χ3v) is 4.88. The Morgan fingerprint density at radius 3 is 2.52 bits per heavy atom. The first-order valence-electron chi connectivity index (χ1n) is 8.46. The molecule has 1 saturated heterocycles. The van der Waals surface area contributed by atoms with E-state index in [0.29, 0.717) is 22.7 Å². The molecule has 1 aliphatic rings. The smallest absolute Gasteiger partial charge is 0.341 e. The average Bonchev–Trinajstić information content (AvgIpc) is 2.64. The van der Waals surface area contributed by atoms with E-state index in [2.05, 4.69) is 10.2 Å². The van der Waals surface area contributed by atoms with Gasteiger partial charge in [-0.3, -0.25) is 4.90 Å². The van der Waals surface area contributed by atoms with E-state index in [9.17, 15) is 4.79 Å². The maximum absolute atomic E-state index is 12.7. The zero-order valence-electron chi connectivity index (χ0n) is 13.8. The molecule has 1 aromatic heterocycles. The van der Waals surface area contributed by atoms with E-state index in [1.54, 1.807) is 0 Å². The molecule has 4 rings (SSSR count). The average molecular weight is 355 g/mol. The Labute approximate surface area is 151 Å². The zero-order chi connectivity index (χ0) is 17.2. The lowest BCUT2D eigenvalue weighted by molar-refractivity contribution is 0.231. The minimum atomic E-state index is -0.262. The molecule has 0 unspecified atom stereocenters. The van der Waals surface area contributed by atoms with Crippen LogP contribution in [0.25, 0.3) is 22.1 Å². The van der Waals surface area contributed by atoms with Crippen LogP contribution in [0.3, 0.4) is 0 Å². The highest BCUT2D eigenvalue weighted by Gasteiger charge is 2.19. The van der Waals surface area contributed by atoms with Crippen molar-refractivity contribution in [3.63, 3.8) is 0 Å². The third-order valence-electron chi connectivity index (χ3n) is 4.63. The number of nitrogens with zero attached hydrogens (tertiary/aromatic N) is 1. The predicted octanol–water partition coefficient (Wildman–Crippen LogP) is 3.52. The monoisotopic (exact) mass is 354 g/mol. The lowest BCUT2D eigenvalue weighted by Crippen LogP contribution is -2.43. The van der Waals surface area contributed by atoms with E-state index in [-0.39, 0.29) is 5.63 Å². The highest BCUT2D eigenvalue weighted by Crippen LogP contribution is 2.31. The molecular weight excluding hydrogens is 336 g/mol. The van der Waals surface area contributed by atoms with Gasteiger partial charge in [0.1, 0.15) is 5.58 Å². The Bertz CT molecular complexity index is 944. The number of piperazine rings is 1. The lowest BCUT2D eigenvalue weighted by atomic mass is 9.96. The van der Waals surface area contributed by atoms with Crippen LogP contribution in [0.5, 0.6) is 0 Å². The number of hydrogen-bond donors (Lipinski definition) is 1. The van der Waals surface area contributed by atoms with E-state index in [1.165, 1.54) is 0 Å². The van der Waals surface area contributed by atoms with Crippen LogP contribution >= 0.6 is 11.6 Å². The molecule has 2 heterocycles. The van der Waals surface area contributed by atoms with Gasteiger partial charge in [0.15, 0.2) is 0 Å². The summed E-state index contributed by atoms with van der Waals surface area (Å²) >= 11 is 6.05. The first-order valence-corrected chi connectivity index (χ1v) is 8.84. The summed E-state index contributed by atoms with van der Waals surface area (Å²) in [5, 5.41) is 4.97. The van der Waals surface area contributed by atoms with Crippen molar-refractivity contribution in [1.82, 2.24) is 10.2 Å². The van der Waals surface area contributed by atoms with Gasteiger partial charge in [0.25, 0.3) is 0 Å². The number of para-hydroxylation sites is 1. The molecule has 2 aromatic carbocycles. The summed E-state index contributed by atoms with van der Waals surface area (Å²) in [5.74, 6) is 0. The van der Waals surface area contributed by atoms with Gasteiger partial charge in [-0.15, -0.1) is 0 Å². The summed E-state index contributed by atoms with van der Waals surface area (Å²) in [7, 11) is 0. The van der Waals surface area contributed by atoms with Gasteiger partial charge in [-0.1, -0.05) is 41.9 Å². The number of fused-ring (bicyclic) bond motifs is 1. The summed E-state index contributed by atoms with van der Waals surface area (Å²) in [4.78, 5) is 15.0. The summed E-state index contributed by atoms with van der Waals surface area (Å²) in [6, 6.07) is 15.3. The molecule has 25 heavy (non-hydrogen) atoms. The number of halogens is 1. The van der Waals surface area contributed by atoms with Crippen molar-refractivity contribution >= 4 is 22.6 Å². The number of benzene rings is 2. The second-order valence-corrected chi connectivity index (χ2v) is 6.71. The molecular formula is C20H19ClN2O2. The summed E-state index contributed by atoms with van der Waals surface area (Å²) in [6.07, 6.45) is 0. The predicted molar refractivity (Wildman–Crippen MR) is 101 cm³/mol. The molecule has 0 amide bonds. The summed E-state index contributed by atoms with van der Waals surface area (Å²) in [5.41, 5.74) is 2.99. The molecule has 4 nitrogen and oxygen atoms in total. The van der Waals surface area contributed by atoms with Crippen molar-refractivity contribution in [2.75, 3.05) is 26.2 Å². The van der Waals surface area contributed by atoms with E-state index in [4.69, 9.17) is 16.0 Å². The molecule has 5 heteroatoms. The van der Waals surface area contributed by atoms with E-state index >= 15 is 0 Å². The maximum Gasteiger partial charge on any atom is 0.341 e. The van der Waals surface area contributed by atoms with Crippen molar-refractivity contribution < 1.29 is 4.42 Å². The highest BCUT2D eigenvalue weighted by atomic mass is 35.5. The molecule has 1 aliphatic heterocycles. The summed E-state index contributed by atoms with van der Waals surface area (Å²) < 4.78 is 5.60. The largest absolute Gasteiger partial charge is 0.422 e. The summed E-state index contributed by atoms with van der Waals surface area (Å²) in [6.45, 7) is 4.32. The van der Waals surface area contributed by atoms with Crippen molar-refractivity contribution in [3.8, 4) is 11.1 Å². The Morgan fingerprint density at radius 2 is 1.76 bits per heavy atom. The van der Waals surface area contributed by atoms with E-state index in [1.807, 2.05) is 48.5 Å². The van der Waals surface area contributed by atoms with Gasteiger partial charge < -0.3 is 9.73 Å². The molecule has 1 fully saturated rings. The van der Waals surface area contributed by atoms with E-state index in [0.717, 1.165) is 42.7 Å². The van der Waals surface area contributed by atoms with Crippen molar-refractivity contribution in [2.45, 2.75) is 6.54 Å². The molecule has 0 aliphatic carbocycles. The van der Waals surface area contributed by atoms with Gasteiger partial charge in [0.05, 0.1) is 5.56 Å². The first kappa shape index (κ1) is 16.3.